The van der Waals surface area contributed by atoms with E-state index in [1.807, 2.05) is 12.3 Å². The molecule has 0 saturated carbocycles. The van der Waals surface area contributed by atoms with E-state index in [-0.39, 0.29) is 0 Å². The standard InChI is InChI=1S/C31H27NP2/c1-5-16-28(17-6-1)33(29-18-7-2-8-19-29)26-34(30-20-9-3-10-21-30,31-22-11-4-12-23-31)25-27-15-13-14-24-32-27/h1-26,32H. The lowest BCUT2D eigenvalue weighted by Crippen LogP contribution is -2.21. The molecule has 5 rings (SSSR count). The third-order valence-electron chi connectivity index (χ3n) is 5.81. The lowest BCUT2D eigenvalue weighted by atomic mass is 10.3. The fourth-order valence-corrected chi connectivity index (χ4v) is 11.8. The van der Waals surface area contributed by atoms with E-state index in [1.165, 1.54) is 21.2 Å². The van der Waals surface area contributed by atoms with Gasteiger partial charge in [-0.1, -0.05) is 127 Å². The molecule has 0 amide bonds. The second-order valence-electron chi connectivity index (χ2n) is 8.05. The highest BCUT2D eigenvalue weighted by atomic mass is 31.2. The maximum atomic E-state index is 3.48. The monoisotopic (exact) mass is 475 g/mol. The van der Waals surface area contributed by atoms with Crippen LogP contribution in [0.2, 0.25) is 0 Å². The van der Waals surface area contributed by atoms with E-state index in [4.69, 9.17) is 0 Å². The van der Waals surface area contributed by atoms with E-state index in [0.717, 1.165) is 5.70 Å². The Labute approximate surface area is 203 Å². The molecule has 0 aromatic heterocycles. The van der Waals surface area contributed by atoms with Crippen molar-refractivity contribution in [3.8, 4) is 0 Å². The number of hydrogen-bond acceptors (Lipinski definition) is 1. The van der Waals surface area contributed by atoms with Crippen molar-refractivity contribution in [2.75, 3.05) is 0 Å². The van der Waals surface area contributed by atoms with Gasteiger partial charge in [-0.2, -0.15) is 0 Å². The van der Waals surface area contributed by atoms with Crippen LogP contribution in [0, 0.1) is 0 Å². The van der Waals surface area contributed by atoms with Gasteiger partial charge in [-0.05, 0) is 59.5 Å². The van der Waals surface area contributed by atoms with E-state index < -0.39 is 14.8 Å². The molecule has 0 fully saturated rings. The summed E-state index contributed by atoms with van der Waals surface area (Å²) in [4.78, 5) is 0. The SMILES string of the molecule is C1=CNC(=CP(=CP(c2ccccc2)c2ccccc2)(c2ccccc2)c2ccccc2)C=C1. The zero-order valence-electron chi connectivity index (χ0n) is 18.9. The number of allylic oxidation sites excluding steroid dienone is 3. The van der Waals surface area contributed by atoms with Crippen molar-refractivity contribution in [1.82, 2.24) is 5.32 Å². The van der Waals surface area contributed by atoms with Crippen molar-refractivity contribution in [3.63, 3.8) is 0 Å². The average molecular weight is 476 g/mol. The first-order valence-electron chi connectivity index (χ1n) is 11.4. The van der Waals surface area contributed by atoms with Crippen LogP contribution >= 0.6 is 14.8 Å². The number of hydrogen-bond donors (Lipinski definition) is 1. The summed E-state index contributed by atoms with van der Waals surface area (Å²) >= 11 is 0. The molecule has 0 radical (unpaired) electrons. The Hall–Kier alpha value is -3.37. The minimum absolute atomic E-state index is 0.703. The second-order valence-corrected chi connectivity index (χ2v) is 13.6. The van der Waals surface area contributed by atoms with Crippen LogP contribution in [-0.4, -0.2) is 5.54 Å². The van der Waals surface area contributed by atoms with Crippen LogP contribution in [0.25, 0.3) is 0 Å². The highest BCUT2D eigenvalue weighted by Gasteiger charge is 2.24. The van der Waals surface area contributed by atoms with Crippen molar-refractivity contribution in [3.05, 3.63) is 157 Å². The summed E-state index contributed by atoms with van der Waals surface area (Å²) < 4.78 is 0. The van der Waals surface area contributed by atoms with Gasteiger partial charge in [0.1, 0.15) is 0 Å². The summed E-state index contributed by atoms with van der Waals surface area (Å²) in [5.74, 6) is 2.48. The molecule has 1 N–H and O–H groups in total. The molecule has 0 bridgehead atoms. The topological polar surface area (TPSA) is 12.0 Å². The minimum Gasteiger partial charge on any atom is -0.362 e. The van der Waals surface area contributed by atoms with Gasteiger partial charge >= 0.3 is 0 Å². The van der Waals surface area contributed by atoms with E-state index in [0.29, 0.717) is 0 Å². The van der Waals surface area contributed by atoms with Crippen molar-refractivity contribution < 1.29 is 0 Å². The average Bonchev–Trinajstić information content (AvgIpc) is 2.93. The Kier molecular flexibility index (Phi) is 7.06. The lowest BCUT2D eigenvalue weighted by molar-refractivity contribution is 1.10. The van der Waals surface area contributed by atoms with Crippen LogP contribution in [0.15, 0.2) is 157 Å². The van der Waals surface area contributed by atoms with E-state index in [1.54, 1.807) is 0 Å². The lowest BCUT2D eigenvalue weighted by Gasteiger charge is -2.29. The van der Waals surface area contributed by atoms with E-state index in [2.05, 4.69) is 150 Å². The highest BCUT2D eigenvalue weighted by molar-refractivity contribution is 8.06. The predicted octanol–water partition coefficient (Wildman–Crippen LogP) is 6.06. The van der Waals surface area contributed by atoms with Crippen molar-refractivity contribution in [2.45, 2.75) is 0 Å². The normalized spacial score (nSPS) is 14.2. The van der Waals surface area contributed by atoms with Crippen molar-refractivity contribution in [2.24, 2.45) is 0 Å². The Morgan fingerprint density at radius 2 is 1.03 bits per heavy atom. The van der Waals surface area contributed by atoms with Crippen molar-refractivity contribution >= 4 is 41.6 Å². The molecule has 3 heteroatoms. The molecule has 0 spiro atoms. The largest absolute Gasteiger partial charge is 0.362 e. The quantitative estimate of drug-likeness (QED) is 0.334. The Balaban J connectivity index is 1.86. The van der Waals surface area contributed by atoms with Crippen LogP contribution in [-0.2, 0) is 0 Å². The van der Waals surface area contributed by atoms with Gasteiger partial charge in [0, 0.05) is 11.9 Å². The molecule has 0 saturated heterocycles. The smallest absolute Gasteiger partial charge is 0.0390 e. The molecule has 1 heterocycles. The number of dihydropyridines is 1. The van der Waals surface area contributed by atoms with E-state index in [9.17, 15) is 0 Å². The molecule has 4 aromatic rings. The number of nitrogens with one attached hydrogen (secondary N) is 1. The summed E-state index contributed by atoms with van der Waals surface area (Å²) in [6.45, 7) is -2.06. The molecular formula is C31H27NP2. The fourth-order valence-electron chi connectivity index (χ4n) is 4.16. The highest BCUT2D eigenvalue weighted by Crippen LogP contribution is 2.53. The Morgan fingerprint density at radius 3 is 1.47 bits per heavy atom. The Bertz CT molecular complexity index is 1270. The molecular weight excluding hydrogens is 448 g/mol. The van der Waals surface area contributed by atoms with Gasteiger partial charge in [0.2, 0.25) is 0 Å². The van der Waals surface area contributed by atoms with Crippen LogP contribution in [0.5, 0.6) is 0 Å². The van der Waals surface area contributed by atoms with Gasteiger partial charge in [-0.3, -0.25) is 0 Å². The zero-order valence-corrected chi connectivity index (χ0v) is 20.7. The first-order chi connectivity index (χ1) is 16.9. The van der Waals surface area contributed by atoms with Gasteiger partial charge in [-0.15, -0.1) is 0 Å². The van der Waals surface area contributed by atoms with Crippen molar-refractivity contribution in [1.29, 1.82) is 0 Å². The maximum Gasteiger partial charge on any atom is 0.0390 e. The summed E-state index contributed by atoms with van der Waals surface area (Å²) in [6.07, 6.45) is 8.31. The molecule has 1 aliphatic rings. The second kappa shape index (κ2) is 10.7. The molecule has 166 valence electrons. The Morgan fingerprint density at radius 1 is 0.559 bits per heavy atom. The van der Waals surface area contributed by atoms with Crippen LogP contribution in [0.3, 0.4) is 0 Å². The van der Waals surface area contributed by atoms with Gasteiger partial charge < -0.3 is 5.32 Å². The predicted molar refractivity (Wildman–Crippen MR) is 154 cm³/mol. The summed E-state index contributed by atoms with van der Waals surface area (Å²) in [5.41, 5.74) is 3.81. The molecule has 1 nitrogen and oxygen atoms in total. The number of benzene rings is 4. The van der Waals surface area contributed by atoms with Crippen LogP contribution in [0.4, 0.5) is 0 Å². The summed E-state index contributed by atoms with van der Waals surface area (Å²) in [5, 5.41) is 8.93. The molecule has 0 unspecified atom stereocenters. The third-order valence-corrected chi connectivity index (χ3v) is 12.9. The molecule has 34 heavy (non-hydrogen) atoms. The first-order valence-corrected chi connectivity index (χ1v) is 14.8. The van der Waals surface area contributed by atoms with Gasteiger partial charge in [0.15, 0.2) is 0 Å². The molecule has 1 aliphatic heterocycles. The maximum absolute atomic E-state index is 3.48. The van der Waals surface area contributed by atoms with Gasteiger partial charge in [0.05, 0.1) is 0 Å². The van der Waals surface area contributed by atoms with E-state index >= 15 is 0 Å². The van der Waals surface area contributed by atoms with Crippen LogP contribution in [0.1, 0.15) is 0 Å². The zero-order chi connectivity index (χ0) is 23.1. The first kappa shape index (κ1) is 22.4. The molecule has 0 aliphatic carbocycles. The minimum atomic E-state index is -2.06. The van der Waals surface area contributed by atoms with Gasteiger partial charge in [-0.25, -0.2) is 0 Å². The van der Waals surface area contributed by atoms with Crippen LogP contribution < -0.4 is 26.5 Å². The molecule has 0 atom stereocenters. The summed E-state index contributed by atoms with van der Waals surface area (Å²) in [6, 6.07) is 43.9. The third kappa shape index (κ3) is 4.92. The fraction of sp³-hybridized carbons (Fsp3) is 0. The number of rotatable bonds is 6. The molecule has 4 aromatic carbocycles. The summed E-state index contributed by atoms with van der Waals surface area (Å²) in [7, 11) is -0.703. The van der Waals surface area contributed by atoms with Gasteiger partial charge in [0.25, 0.3) is 0 Å².